The standard InChI is InChI=1S/C26H29NO2/c1-4-19(3)25-18-23(21-11-7-6-8-12-21)24(5-2)27(25)22-16-14-20(15-17-22)10-9-13-26(28)29/h4,6-8,11-12,14-18H,5,9-10,13H2,1-3H3,(H,28,29)/b19-4+. The van der Waals surface area contributed by atoms with Gasteiger partial charge in [0.2, 0.25) is 0 Å². The maximum absolute atomic E-state index is 10.7. The highest BCUT2D eigenvalue weighted by Gasteiger charge is 2.17. The second-order valence-corrected chi connectivity index (χ2v) is 7.33. The maximum Gasteiger partial charge on any atom is 0.303 e. The van der Waals surface area contributed by atoms with Crippen molar-refractivity contribution in [3.05, 3.63) is 83.7 Å². The molecule has 3 aromatic rings. The third kappa shape index (κ3) is 4.68. The van der Waals surface area contributed by atoms with E-state index in [2.05, 4.69) is 86.0 Å². The number of hydrogen-bond donors (Lipinski definition) is 1. The highest BCUT2D eigenvalue weighted by molar-refractivity contribution is 5.75. The second kappa shape index (κ2) is 9.42. The summed E-state index contributed by atoms with van der Waals surface area (Å²) < 4.78 is 2.36. The van der Waals surface area contributed by atoms with Crippen LogP contribution in [-0.2, 0) is 17.6 Å². The van der Waals surface area contributed by atoms with Crippen LogP contribution in [0.15, 0.2) is 66.7 Å². The number of aryl methyl sites for hydroxylation is 1. The zero-order chi connectivity index (χ0) is 20.8. The Bertz CT molecular complexity index is 995. The van der Waals surface area contributed by atoms with Crippen LogP contribution in [0.5, 0.6) is 0 Å². The molecule has 0 atom stereocenters. The van der Waals surface area contributed by atoms with E-state index in [1.165, 1.54) is 33.7 Å². The molecule has 2 aromatic carbocycles. The molecule has 3 nitrogen and oxygen atoms in total. The zero-order valence-electron chi connectivity index (χ0n) is 17.5. The van der Waals surface area contributed by atoms with Gasteiger partial charge in [0.15, 0.2) is 0 Å². The molecule has 0 bridgehead atoms. The molecule has 0 amide bonds. The van der Waals surface area contributed by atoms with Gasteiger partial charge in [-0.3, -0.25) is 4.79 Å². The van der Waals surface area contributed by atoms with Gasteiger partial charge in [-0.2, -0.15) is 0 Å². The van der Waals surface area contributed by atoms with Crippen LogP contribution in [0.1, 0.15) is 50.6 Å². The molecule has 0 aliphatic carbocycles. The van der Waals surface area contributed by atoms with E-state index in [9.17, 15) is 4.79 Å². The van der Waals surface area contributed by atoms with Crippen LogP contribution in [-0.4, -0.2) is 15.6 Å². The van der Waals surface area contributed by atoms with Crippen LogP contribution in [0.25, 0.3) is 22.4 Å². The highest BCUT2D eigenvalue weighted by Crippen LogP contribution is 2.33. The Hall–Kier alpha value is -3.07. The smallest absolute Gasteiger partial charge is 0.303 e. The first kappa shape index (κ1) is 20.7. The Labute approximate surface area is 173 Å². The lowest BCUT2D eigenvalue weighted by Gasteiger charge is -2.15. The minimum Gasteiger partial charge on any atom is -0.481 e. The van der Waals surface area contributed by atoms with Crippen LogP contribution in [0.4, 0.5) is 0 Å². The number of allylic oxidation sites excluding steroid dienone is 2. The van der Waals surface area contributed by atoms with Crippen molar-refractivity contribution in [3.8, 4) is 16.8 Å². The van der Waals surface area contributed by atoms with Gasteiger partial charge in [-0.1, -0.05) is 55.5 Å². The van der Waals surface area contributed by atoms with Gasteiger partial charge in [-0.25, -0.2) is 0 Å². The number of benzene rings is 2. The van der Waals surface area contributed by atoms with E-state index >= 15 is 0 Å². The van der Waals surface area contributed by atoms with Crippen molar-refractivity contribution in [1.29, 1.82) is 0 Å². The molecule has 0 aliphatic heterocycles. The summed E-state index contributed by atoms with van der Waals surface area (Å²) in [5, 5.41) is 8.84. The van der Waals surface area contributed by atoms with Crippen LogP contribution < -0.4 is 0 Å². The number of aliphatic carboxylic acids is 1. The Kier molecular flexibility index (Phi) is 6.71. The fourth-order valence-corrected chi connectivity index (χ4v) is 3.76. The lowest BCUT2D eigenvalue weighted by atomic mass is 10.0. The topological polar surface area (TPSA) is 42.2 Å². The number of rotatable bonds is 8. The summed E-state index contributed by atoms with van der Waals surface area (Å²) in [5.74, 6) is -0.735. The Morgan fingerprint density at radius 3 is 2.34 bits per heavy atom. The summed E-state index contributed by atoms with van der Waals surface area (Å²) in [7, 11) is 0. The van der Waals surface area contributed by atoms with Gasteiger partial charge >= 0.3 is 5.97 Å². The van der Waals surface area contributed by atoms with Crippen LogP contribution in [0.3, 0.4) is 0 Å². The minimum atomic E-state index is -0.735. The number of nitrogens with zero attached hydrogens (tertiary/aromatic N) is 1. The van der Waals surface area contributed by atoms with Crippen molar-refractivity contribution in [3.63, 3.8) is 0 Å². The van der Waals surface area contributed by atoms with Crippen molar-refractivity contribution in [1.82, 2.24) is 4.57 Å². The minimum absolute atomic E-state index is 0.213. The zero-order valence-corrected chi connectivity index (χ0v) is 17.5. The second-order valence-electron chi connectivity index (χ2n) is 7.33. The van der Waals surface area contributed by atoms with Gasteiger partial charge in [-0.15, -0.1) is 0 Å². The number of aromatic nitrogens is 1. The van der Waals surface area contributed by atoms with Crippen LogP contribution in [0.2, 0.25) is 0 Å². The van der Waals surface area contributed by atoms with E-state index < -0.39 is 5.97 Å². The van der Waals surface area contributed by atoms with E-state index in [-0.39, 0.29) is 6.42 Å². The lowest BCUT2D eigenvalue weighted by Crippen LogP contribution is -2.04. The van der Waals surface area contributed by atoms with Gasteiger partial charge in [0.1, 0.15) is 0 Å². The van der Waals surface area contributed by atoms with E-state index in [1.807, 2.05) is 6.07 Å². The third-order valence-electron chi connectivity index (χ3n) is 5.41. The number of hydrogen-bond acceptors (Lipinski definition) is 1. The van der Waals surface area contributed by atoms with Crippen LogP contribution >= 0.6 is 0 Å². The fourth-order valence-electron chi connectivity index (χ4n) is 3.76. The SMILES string of the molecule is C/C=C(\C)c1cc(-c2ccccc2)c(CC)n1-c1ccc(CCCC(=O)O)cc1. The van der Waals surface area contributed by atoms with E-state index in [1.54, 1.807) is 0 Å². The Balaban J connectivity index is 2.03. The first-order valence-electron chi connectivity index (χ1n) is 10.3. The average molecular weight is 388 g/mol. The normalized spacial score (nSPS) is 11.6. The first-order chi connectivity index (χ1) is 14.0. The molecular weight excluding hydrogens is 358 g/mol. The van der Waals surface area contributed by atoms with Gasteiger partial charge in [-0.05, 0) is 68.0 Å². The molecule has 3 rings (SSSR count). The molecule has 1 N–H and O–H groups in total. The first-order valence-corrected chi connectivity index (χ1v) is 10.3. The van der Waals surface area contributed by atoms with Crippen molar-refractivity contribution >= 4 is 11.5 Å². The summed E-state index contributed by atoms with van der Waals surface area (Å²) >= 11 is 0. The molecule has 0 aliphatic rings. The number of carboxylic acid groups (broad SMARTS) is 1. The van der Waals surface area contributed by atoms with E-state index in [4.69, 9.17) is 5.11 Å². The van der Waals surface area contributed by atoms with Crippen molar-refractivity contribution in [2.75, 3.05) is 0 Å². The maximum atomic E-state index is 10.7. The van der Waals surface area contributed by atoms with Gasteiger partial charge in [0, 0.05) is 29.1 Å². The third-order valence-corrected chi connectivity index (χ3v) is 5.41. The van der Waals surface area contributed by atoms with Gasteiger partial charge in [0.25, 0.3) is 0 Å². The molecule has 3 heteroatoms. The summed E-state index contributed by atoms with van der Waals surface area (Å²) in [6, 6.07) is 21.4. The molecule has 150 valence electrons. The molecule has 0 radical (unpaired) electrons. The van der Waals surface area contributed by atoms with Crippen LogP contribution in [0, 0.1) is 0 Å². The molecule has 0 fully saturated rings. The molecule has 29 heavy (non-hydrogen) atoms. The summed E-state index contributed by atoms with van der Waals surface area (Å²) in [6.07, 6.45) is 4.75. The van der Waals surface area contributed by atoms with Crippen molar-refractivity contribution in [2.45, 2.75) is 46.5 Å². The largest absolute Gasteiger partial charge is 0.481 e. The molecule has 0 spiro atoms. The lowest BCUT2D eigenvalue weighted by molar-refractivity contribution is -0.137. The summed E-state index contributed by atoms with van der Waals surface area (Å²) in [5.41, 5.74) is 8.57. The predicted molar refractivity (Wildman–Crippen MR) is 120 cm³/mol. The molecule has 1 heterocycles. The molecule has 0 unspecified atom stereocenters. The average Bonchev–Trinajstić information content (AvgIpc) is 3.13. The Morgan fingerprint density at radius 1 is 1.07 bits per heavy atom. The van der Waals surface area contributed by atoms with Crippen molar-refractivity contribution in [2.24, 2.45) is 0 Å². The predicted octanol–water partition coefficient (Wildman–Crippen LogP) is 6.54. The van der Waals surface area contributed by atoms with E-state index in [0.717, 1.165) is 18.5 Å². The number of carboxylic acids is 1. The molecular formula is C26H29NO2. The van der Waals surface area contributed by atoms with E-state index in [0.29, 0.717) is 6.42 Å². The summed E-state index contributed by atoms with van der Waals surface area (Å²) in [4.78, 5) is 10.7. The molecule has 1 aromatic heterocycles. The quantitative estimate of drug-likeness (QED) is 0.477. The monoisotopic (exact) mass is 387 g/mol. The number of carbonyl (C=O) groups is 1. The van der Waals surface area contributed by atoms with Crippen molar-refractivity contribution < 1.29 is 9.90 Å². The Morgan fingerprint density at radius 2 is 1.76 bits per heavy atom. The molecule has 0 saturated carbocycles. The summed E-state index contributed by atoms with van der Waals surface area (Å²) in [6.45, 7) is 6.43. The fraction of sp³-hybridized carbons (Fsp3) is 0.269. The van der Waals surface area contributed by atoms with Gasteiger partial charge in [0.05, 0.1) is 0 Å². The van der Waals surface area contributed by atoms with Gasteiger partial charge < -0.3 is 9.67 Å². The highest BCUT2D eigenvalue weighted by atomic mass is 16.4. The molecule has 0 saturated heterocycles.